The molecule has 5 heterocycles. The maximum atomic E-state index is 13.7. The van der Waals surface area contributed by atoms with E-state index in [-0.39, 0.29) is 24.0 Å². The van der Waals surface area contributed by atoms with Gasteiger partial charge in [0.1, 0.15) is 22.7 Å². The molecule has 2 saturated heterocycles. The van der Waals surface area contributed by atoms with E-state index in [0.717, 1.165) is 91.3 Å². The first kappa shape index (κ1) is 29.3. The minimum atomic E-state index is -0.131. The molecule has 11 nitrogen and oxygen atoms in total. The molecule has 4 aromatic rings. The summed E-state index contributed by atoms with van der Waals surface area (Å²) in [4.78, 5) is 40.2. The van der Waals surface area contributed by atoms with Crippen molar-refractivity contribution in [2.45, 2.75) is 63.6 Å². The van der Waals surface area contributed by atoms with Gasteiger partial charge in [0.15, 0.2) is 5.82 Å². The summed E-state index contributed by atoms with van der Waals surface area (Å²) in [7, 11) is 5.12. The molecule has 4 fully saturated rings. The summed E-state index contributed by atoms with van der Waals surface area (Å²) in [5.74, 6) is 3.67. The molecule has 2 aliphatic carbocycles. The summed E-state index contributed by atoms with van der Waals surface area (Å²) in [6.45, 7) is 3.35. The molecule has 0 radical (unpaired) electrons. The molecule has 2 unspecified atom stereocenters. The monoisotopic (exact) mass is 625 g/mol. The number of hydrogen-bond donors (Lipinski definition) is 1. The molecule has 46 heavy (non-hydrogen) atoms. The number of hydrogen-bond acceptors (Lipinski definition) is 8. The predicted molar refractivity (Wildman–Crippen MR) is 176 cm³/mol. The van der Waals surface area contributed by atoms with Crippen LogP contribution in [0.15, 0.2) is 30.3 Å². The molecule has 3 aromatic heterocycles. The molecule has 2 bridgehead atoms. The van der Waals surface area contributed by atoms with Crippen LogP contribution in [0.2, 0.25) is 0 Å². The minimum Gasteiger partial charge on any atom is -0.494 e. The van der Waals surface area contributed by atoms with Crippen LogP contribution in [0.25, 0.3) is 33.6 Å². The van der Waals surface area contributed by atoms with Gasteiger partial charge in [0.05, 0.1) is 25.4 Å². The molecule has 242 valence electrons. The zero-order valence-electron chi connectivity index (χ0n) is 26.9. The fourth-order valence-electron chi connectivity index (χ4n) is 8.17. The number of anilines is 1. The van der Waals surface area contributed by atoms with Crippen LogP contribution in [0, 0.1) is 17.8 Å². The third-order valence-corrected chi connectivity index (χ3v) is 11.0. The highest BCUT2D eigenvalue weighted by molar-refractivity contribution is 6.00. The first-order valence-electron chi connectivity index (χ1n) is 16.8. The molecular formula is C35H43N7O4. The maximum Gasteiger partial charge on any atom is 0.305 e. The van der Waals surface area contributed by atoms with E-state index in [9.17, 15) is 9.59 Å². The number of aromatic nitrogens is 4. The number of amides is 1. The lowest BCUT2D eigenvalue weighted by Crippen LogP contribution is -2.41. The fourth-order valence-corrected chi connectivity index (χ4v) is 8.17. The highest BCUT2D eigenvalue weighted by Crippen LogP contribution is 2.40. The summed E-state index contributed by atoms with van der Waals surface area (Å²) in [5, 5.41) is 1.08. The Labute approximate surface area is 268 Å². The van der Waals surface area contributed by atoms with Gasteiger partial charge in [-0.25, -0.2) is 9.97 Å². The topological polar surface area (TPSA) is 121 Å². The van der Waals surface area contributed by atoms with Crippen LogP contribution in [0.5, 0.6) is 5.75 Å². The van der Waals surface area contributed by atoms with Crippen molar-refractivity contribution in [2.75, 3.05) is 38.8 Å². The molecule has 1 amide bonds. The van der Waals surface area contributed by atoms with Crippen LogP contribution >= 0.6 is 0 Å². The number of rotatable bonds is 8. The van der Waals surface area contributed by atoms with Crippen molar-refractivity contribution in [3.63, 3.8) is 0 Å². The van der Waals surface area contributed by atoms with E-state index in [1.54, 1.807) is 7.11 Å². The SMILES string of the molecule is COC(=O)CC1CCN(c2ccc3cc(-c4nc5cc(C(=O)N6CC7CCC6[C@@H]7N)cc(OC)c5n4C)n(CC4CC4)c3n2)CC1. The number of ether oxygens (including phenoxy) is 2. The van der Waals surface area contributed by atoms with Gasteiger partial charge in [-0.1, -0.05) is 0 Å². The quantitative estimate of drug-likeness (QED) is 0.287. The second-order valence-electron chi connectivity index (χ2n) is 13.9. The molecular weight excluding hydrogens is 582 g/mol. The third kappa shape index (κ3) is 4.90. The lowest BCUT2D eigenvalue weighted by Gasteiger charge is -2.32. The van der Waals surface area contributed by atoms with Crippen LogP contribution < -0.4 is 15.4 Å². The number of methoxy groups -OCH3 is 2. The van der Waals surface area contributed by atoms with Crippen molar-refractivity contribution in [1.82, 2.24) is 24.0 Å². The van der Waals surface area contributed by atoms with Gasteiger partial charge in [-0.2, -0.15) is 0 Å². The smallest absolute Gasteiger partial charge is 0.305 e. The number of fused-ring (bicyclic) bond motifs is 4. The number of nitrogens with two attached hydrogens (primary N) is 1. The number of carbonyl (C=O) groups excluding carboxylic acids is 2. The van der Waals surface area contributed by atoms with Crippen molar-refractivity contribution in [1.29, 1.82) is 0 Å². The van der Waals surface area contributed by atoms with Gasteiger partial charge in [-0.15, -0.1) is 0 Å². The predicted octanol–water partition coefficient (Wildman–Crippen LogP) is 4.35. The van der Waals surface area contributed by atoms with Gasteiger partial charge >= 0.3 is 5.97 Å². The first-order chi connectivity index (χ1) is 22.3. The second kappa shape index (κ2) is 11.3. The largest absolute Gasteiger partial charge is 0.494 e. The summed E-state index contributed by atoms with van der Waals surface area (Å²) < 4.78 is 15.2. The van der Waals surface area contributed by atoms with E-state index >= 15 is 0 Å². The molecule has 4 aliphatic rings. The van der Waals surface area contributed by atoms with Crippen LogP contribution in [0.4, 0.5) is 5.82 Å². The van der Waals surface area contributed by atoms with E-state index in [1.807, 2.05) is 24.1 Å². The lowest BCUT2D eigenvalue weighted by molar-refractivity contribution is -0.141. The van der Waals surface area contributed by atoms with Gasteiger partial charge < -0.3 is 34.1 Å². The van der Waals surface area contributed by atoms with Crippen molar-refractivity contribution in [2.24, 2.45) is 30.5 Å². The standard InChI is InChI=1S/C35H43N7O4/c1-39-32-25(15-24(17-28(32)45-2)35(44)42-19-23-6-8-26(42)31(23)36)37-34(39)27-16-22-7-9-29(38-33(22)41(27)18-21-4-5-21)40-12-10-20(11-13-40)14-30(43)46-3/h7,9,15-17,20-21,23,26,31H,4-6,8,10-14,18-19,36H2,1-3H3/t23?,26?,31-/m1/s1. The number of nitrogens with zero attached hydrogens (tertiary/aromatic N) is 6. The Bertz CT molecular complexity index is 1830. The van der Waals surface area contributed by atoms with Crippen LogP contribution in [-0.2, 0) is 23.1 Å². The van der Waals surface area contributed by atoms with Crippen molar-refractivity contribution < 1.29 is 19.1 Å². The number of imidazole rings is 1. The van der Waals surface area contributed by atoms with Crippen LogP contribution in [-0.4, -0.2) is 81.8 Å². The average Bonchev–Trinajstić information content (AvgIpc) is 3.48. The van der Waals surface area contributed by atoms with E-state index in [2.05, 4.69) is 32.2 Å². The van der Waals surface area contributed by atoms with Gasteiger partial charge in [-0.3, -0.25) is 9.59 Å². The molecule has 2 N–H and O–H groups in total. The molecule has 0 spiro atoms. The lowest BCUT2D eigenvalue weighted by atomic mass is 9.93. The summed E-state index contributed by atoms with van der Waals surface area (Å²) in [6.07, 6.45) is 6.88. The van der Waals surface area contributed by atoms with E-state index in [4.69, 9.17) is 25.2 Å². The molecule has 2 saturated carbocycles. The number of pyridine rings is 1. The number of esters is 1. The highest BCUT2D eigenvalue weighted by Gasteiger charge is 2.47. The Balaban J connectivity index is 1.14. The Morgan fingerprint density at radius 2 is 1.78 bits per heavy atom. The number of carbonyl (C=O) groups is 2. The number of benzene rings is 1. The van der Waals surface area contributed by atoms with Gasteiger partial charge in [0, 0.05) is 62.7 Å². The van der Waals surface area contributed by atoms with Crippen molar-refractivity contribution in [3.05, 3.63) is 35.9 Å². The summed E-state index contributed by atoms with van der Waals surface area (Å²) in [5.41, 5.74) is 10.6. The van der Waals surface area contributed by atoms with Gasteiger partial charge in [-0.05, 0) is 86.6 Å². The number of aryl methyl sites for hydroxylation is 1. The highest BCUT2D eigenvalue weighted by atomic mass is 16.5. The Hall–Kier alpha value is -4.12. The van der Waals surface area contributed by atoms with Crippen LogP contribution in [0.1, 0.15) is 55.3 Å². The summed E-state index contributed by atoms with van der Waals surface area (Å²) >= 11 is 0. The Morgan fingerprint density at radius 1 is 0.978 bits per heavy atom. The number of likely N-dealkylation sites (tertiary alicyclic amines) is 1. The van der Waals surface area contributed by atoms with Gasteiger partial charge in [0.25, 0.3) is 5.91 Å². The molecule has 1 aromatic carbocycles. The van der Waals surface area contributed by atoms with E-state index < -0.39 is 0 Å². The zero-order chi connectivity index (χ0) is 31.7. The molecule has 8 rings (SSSR count). The molecule has 11 heteroatoms. The minimum absolute atomic E-state index is 0.00367. The maximum absolute atomic E-state index is 13.7. The average molecular weight is 626 g/mol. The normalized spacial score (nSPS) is 23.2. The molecule has 2 aliphatic heterocycles. The van der Waals surface area contributed by atoms with Crippen LogP contribution in [0.3, 0.4) is 0 Å². The summed E-state index contributed by atoms with van der Waals surface area (Å²) in [6, 6.07) is 10.4. The number of piperidine rings is 2. The van der Waals surface area contributed by atoms with Gasteiger partial charge in [0.2, 0.25) is 0 Å². The second-order valence-corrected chi connectivity index (χ2v) is 13.9. The van der Waals surface area contributed by atoms with E-state index in [1.165, 1.54) is 20.0 Å². The fraction of sp³-hybridized carbons (Fsp3) is 0.543. The Morgan fingerprint density at radius 3 is 2.46 bits per heavy atom. The zero-order valence-corrected chi connectivity index (χ0v) is 26.9. The third-order valence-electron chi connectivity index (χ3n) is 11.0. The van der Waals surface area contributed by atoms with Crippen molar-refractivity contribution in [3.8, 4) is 17.3 Å². The first-order valence-corrected chi connectivity index (χ1v) is 16.8. The molecule has 3 atom stereocenters. The Kier molecular flexibility index (Phi) is 7.19. The van der Waals surface area contributed by atoms with Crippen molar-refractivity contribution >= 4 is 39.8 Å². The van der Waals surface area contributed by atoms with E-state index in [0.29, 0.717) is 35.5 Å².